The van der Waals surface area contributed by atoms with Crippen molar-refractivity contribution in [1.82, 2.24) is 20.0 Å². The summed E-state index contributed by atoms with van der Waals surface area (Å²) in [5, 5.41) is 4.50. The summed E-state index contributed by atoms with van der Waals surface area (Å²) in [4.78, 5) is 7.23. The number of hydrogen-bond acceptors (Lipinski definition) is 3. The topological polar surface area (TPSA) is 21.8 Å². The van der Waals surface area contributed by atoms with Gasteiger partial charge in [0.2, 0.25) is 0 Å². The van der Waals surface area contributed by atoms with Gasteiger partial charge < -0.3 is 15.1 Å². The van der Waals surface area contributed by atoms with E-state index in [1.807, 2.05) is 0 Å². The molecule has 0 spiro atoms. The quantitative estimate of drug-likeness (QED) is 0.772. The van der Waals surface area contributed by atoms with E-state index in [4.69, 9.17) is 12.2 Å². The van der Waals surface area contributed by atoms with Gasteiger partial charge in [-0.2, -0.15) is 0 Å². The molecule has 2 rings (SSSR count). The first-order chi connectivity index (χ1) is 9.61. The zero-order chi connectivity index (χ0) is 14.5. The first-order valence-corrected chi connectivity index (χ1v) is 8.46. The molecule has 20 heavy (non-hydrogen) atoms. The van der Waals surface area contributed by atoms with Crippen LogP contribution in [0.5, 0.6) is 0 Å². The molecule has 0 aromatic rings. The van der Waals surface area contributed by atoms with Crippen molar-refractivity contribution in [2.75, 3.05) is 46.8 Å². The zero-order valence-electron chi connectivity index (χ0n) is 13.3. The van der Waals surface area contributed by atoms with Crippen LogP contribution in [-0.2, 0) is 0 Å². The van der Waals surface area contributed by atoms with Crippen LogP contribution in [-0.4, -0.2) is 78.7 Å². The van der Waals surface area contributed by atoms with Crippen LogP contribution in [0.3, 0.4) is 0 Å². The third kappa shape index (κ3) is 4.06. The third-order valence-corrected chi connectivity index (χ3v) is 4.99. The summed E-state index contributed by atoms with van der Waals surface area (Å²) in [6.45, 7) is 7.90. The Bertz CT molecular complexity index is 321. The first kappa shape index (κ1) is 16.0. The van der Waals surface area contributed by atoms with Crippen LogP contribution < -0.4 is 5.32 Å². The fraction of sp³-hybridized carbons (Fsp3) is 0.933. The molecule has 5 heteroatoms. The Hall–Kier alpha value is -0.390. The minimum Gasteiger partial charge on any atom is -0.361 e. The molecule has 2 fully saturated rings. The van der Waals surface area contributed by atoms with Crippen molar-refractivity contribution in [3.63, 3.8) is 0 Å². The Morgan fingerprint density at radius 2 is 1.90 bits per heavy atom. The molecule has 2 unspecified atom stereocenters. The van der Waals surface area contributed by atoms with Gasteiger partial charge in [0, 0.05) is 31.7 Å². The molecule has 4 nitrogen and oxygen atoms in total. The van der Waals surface area contributed by atoms with E-state index < -0.39 is 0 Å². The molecule has 2 aliphatic heterocycles. The number of hydrogen-bond donors (Lipinski definition) is 1. The van der Waals surface area contributed by atoms with Crippen molar-refractivity contribution < 1.29 is 0 Å². The number of nitrogens with one attached hydrogen (secondary N) is 1. The maximum absolute atomic E-state index is 5.63. The van der Waals surface area contributed by atoms with Crippen LogP contribution in [0.15, 0.2) is 0 Å². The van der Waals surface area contributed by atoms with E-state index in [9.17, 15) is 0 Å². The van der Waals surface area contributed by atoms with E-state index in [2.05, 4.69) is 41.0 Å². The summed E-state index contributed by atoms with van der Waals surface area (Å²) in [5.41, 5.74) is 0. The van der Waals surface area contributed by atoms with Crippen LogP contribution in [0.2, 0.25) is 0 Å². The third-order valence-electron chi connectivity index (χ3n) is 4.61. The average molecular weight is 298 g/mol. The number of rotatable bonds is 5. The average Bonchev–Trinajstić information content (AvgIpc) is 3.03. The van der Waals surface area contributed by atoms with Crippen LogP contribution in [0, 0.1) is 0 Å². The number of likely N-dealkylation sites (N-methyl/N-ethyl adjacent to an activating group) is 2. The molecule has 0 radical (unpaired) electrons. The number of nitrogens with zero attached hydrogens (tertiary/aromatic N) is 3. The Labute approximate surface area is 129 Å². The van der Waals surface area contributed by atoms with Crippen molar-refractivity contribution in [2.24, 2.45) is 0 Å². The van der Waals surface area contributed by atoms with Crippen LogP contribution >= 0.6 is 12.2 Å². The fourth-order valence-electron chi connectivity index (χ4n) is 3.56. The fourth-order valence-corrected chi connectivity index (χ4v) is 3.89. The van der Waals surface area contributed by atoms with Crippen LogP contribution in [0.1, 0.15) is 32.6 Å². The zero-order valence-corrected chi connectivity index (χ0v) is 14.1. The number of thiocarbonyl (C=S) groups is 1. The Kier molecular flexibility index (Phi) is 6.05. The van der Waals surface area contributed by atoms with Gasteiger partial charge in [-0.15, -0.1) is 0 Å². The van der Waals surface area contributed by atoms with Gasteiger partial charge in [-0.25, -0.2) is 0 Å². The van der Waals surface area contributed by atoms with Crippen molar-refractivity contribution in [1.29, 1.82) is 0 Å². The second kappa shape index (κ2) is 7.57. The largest absolute Gasteiger partial charge is 0.361 e. The molecule has 0 bridgehead atoms. The van der Waals surface area contributed by atoms with Gasteiger partial charge in [-0.3, -0.25) is 4.90 Å². The Morgan fingerprint density at radius 3 is 2.60 bits per heavy atom. The van der Waals surface area contributed by atoms with Gasteiger partial charge >= 0.3 is 0 Å². The lowest BCUT2D eigenvalue weighted by molar-refractivity contribution is 0.259. The van der Waals surface area contributed by atoms with E-state index in [1.165, 1.54) is 32.2 Å². The van der Waals surface area contributed by atoms with Gasteiger partial charge in [0.25, 0.3) is 0 Å². The molecular formula is C15H30N4S. The van der Waals surface area contributed by atoms with E-state index in [-0.39, 0.29) is 0 Å². The molecular weight excluding hydrogens is 268 g/mol. The molecule has 2 atom stereocenters. The SMILES string of the molecule is CCN1CCCC1CNC(=S)N1CCCC1CN(C)C. The van der Waals surface area contributed by atoms with Gasteiger partial charge in [0.1, 0.15) is 0 Å². The maximum atomic E-state index is 5.63. The monoisotopic (exact) mass is 298 g/mol. The van der Waals surface area contributed by atoms with Crippen molar-refractivity contribution >= 4 is 17.3 Å². The lowest BCUT2D eigenvalue weighted by Crippen LogP contribution is -2.49. The molecule has 0 saturated carbocycles. The predicted octanol–water partition coefficient (Wildman–Crippen LogP) is 1.37. The van der Waals surface area contributed by atoms with E-state index >= 15 is 0 Å². The highest BCUT2D eigenvalue weighted by molar-refractivity contribution is 7.80. The second-order valence-electron chi connectivity index (χ2n) is 6.36. The molecule has 2 saturated heterocycles. The van der Waals surface area contributed by atoms with Crippen LogP contribution in [0.25, 0.3) is 0 Å². The van der Waals surface area contributed by atoms with Crippen molar-refractivity contribution in [2.45, 2.75) is 44.7 Å². The molecule has 1 N–H and O–H groups in total. The highest BCUT2D eigenvalue weighted by atomic mass is 32.1. The summed E-state index contributed by atoms with van der Waals surface area (Å²) < 4.78 is 0. The Balaban J connectivity index is 1.79. The first-order valence-electron chi connectivity index (χ1n) is 8.05. The van der Waals surface area contributed by atoms with E-state index in [0.29, 0.717) is 12.1 Å². The van der Waals surface area contributed by atoms with Gasteiger partial charge in [-0.1, -0.05) is 6.92 Å². The van der Waals surface area contributed by atoms with Gasteiger partial charge in [-0.05, 0) is 65.1 Å². The summed E-state index contributed by atoms with van der Waals surface area (Å²) in [7, 11) is 4.29. The van der Waals surface area contributed by atoms with Crippen molar-refractivity contribution in [3.05, 3.63) is 0 Å². The molecule has 2 heterocycles. The summed E-state index contributed by atoms with van der Waals surface area (Å²) >= 11 is 5.63. The van der Waals surface area contributed by atoms with Gasteiger partial charge in [0.15, 0.2) is 5.11 Å². The van der Waals surface area contributed by atoms with E-state index in [0.717, 1.165) is 31.3 Å². The Morgan fingerprint density at radius 1 is 1.20 bits per heavy atom. The van der Waals surface area contributed by atoms with Crippen LogP contribution in [0.4, 0.5) is 0 Å². The minimum atomic E-state index is 0.593. The van der Waals surface area contributed by atoms with Gasteiger partial charge in [0.05, 0.1) is 0 Å². The standard InChI is InChI=1S/C15H30N4S/c1-4-18-9-5-7-13(18)11-16-15(20)19-10-6-8-14(19)12-17(2)3/h13-14H,4-12H2,1-3H3,(H,16,20). The summed E-state index contributed by atoms with van der Waals surface area (Å²) in [6, 6.07) is 1.27. The minimum absolute atomic E-state index is 0.593. The molecule has 0 amide bonds. The lowest BCUT2D eigenvalue weighted by atomic mass is 10.2. The van der Waals surface area contributed by atoms with Crippen molar-refractivity contribution in [3.8, 4) is 0 Å². The van der Waals surface area contributed by atoms with E-state index in [1.54, 1.807) is 0 Å². The molecule has 116 valence electrons. The summed E-state index contributed by atoms with van der Waals surface area (Å²) in [5.74, 6) is 0. The lowest BCUT2D eigenvalue weighted by Gasteiger charge is -2.31. The maximum Gasteiger partial charge on any atom is 0.169 e. The second-order valence-corrected chi connectivity index (χ2v) is 6.75. The summed E-state index contributed by atoms with van der Waals surface area (Å²) in [6.07, 6.45) is 5.18. The smallest absolute Gasteiger partial charge is 0.169 e. The molecule has 0 aliphatic carbocycles. The molecule has 2 aliphatic rings. The highest BCUT2D eigenvalue weighted by Gasteiger charge is 2.28. The molecule has 0 aromatic heterocycles. The predicted molar refractivity (Wildman–Crippen MR) is 89.2 cm³/mol. The number of likely N-dealkylation sites (tertiary alicyclic amines) is 2. The molecule has 0 aromatic carbocycles. The normalized spacial score (nSPS) is 27.5. The highest BCUT2D eigenvalue weighted by Crippen LogP contribution is 2.19.